The smallest absolute Gasteiger partial charge is 0.303 e. The molecule has 1 aromatic rings. The number of carbonyl (C=O) groups is 1. The van der Waals surface area contributed by atoms with Gasteiger partial charge in [-0.05, 0) is 74.0 Å². The Morgan fingerprint density at radius 3 is 2.57 bits per heavy atom. The summed E-state index contributed by atoms with van der Waals surface area (Å²) in [5.41, 5.74) is 0.514. The van der Waals surface area contributed by atoms with Crippen molar-refractivity contribution in [1.29, 1.82) is 0 Å². The quantitative estimate of drug-likeness (QED) is 0.381. The Bertz CT molecular complexity index is 935. The van der Waals surface area contributed by atoms with Crippen LogP contribution in [-0.2, 0) is 14.8 Å². The molecule has 164 valence electrons. The van der Waals surface area contributed by atoms with Crippen LogP contribution in [0.5, 0.6) is 0 Å². The van der Waals surface area contributed by atoms with Gasteiger partial charge in [0.1, 0.15) is 4.90 Å². The summed E-state index contributed by atoms with van der Waals surface area (Å²) in [5.74, 6) is 0.328. The highest BCUT2D eigenvalue weighted by molar-refractivity contribution is 7.89. The van der Waals surface area contributed by atoms with Crippen LogP contribution in [0.25, 0.3) is 0 Å². The van der Waals surface area contributed by atoms with Crippen LogP contribution in [-0.4, -0.2) is 26.0 Å². The average Bonchev–Trinajstić information content (AvgIpc) is 2.66. The van der Waals surface area contributed by atoms with Gasteiger partial charge in [0.25, 0.3) is 0 Å². The SMILES string of the molecule is Cc1cc(Cl)cc(Cl)c1S(=O)(=O)NCC1C2C=CC(CC2)C1/C=C\CCCC(=O)O. The first-order chi connectivity index (χ1) is 14.2. The molecule has 4 rings (SSSR count). The van der Waals surface area contributed by atoms with E-state index in [1.165, 1.54) is 6.07 Å². The van der Waals surface area contributed by atoms with Gasteiger partial charge >= 0.3 is 5.97 Å². The summed E-state index contributed by atoms with van der Waals surface area (Å²) in [6.07, 6.45) is 12.3. The minimum atomic E-state index is -3.77. The Balaban J connectivity index is 1.71. The van der Waals surface area contributed by atoms with Crippen molar-refractivity contribution >= 4 is 39.2 Å². The maximum absolute atomic E-state index is 13.0. The molecule has 1 aromatic carbocycles. The number of halogens is 2. The van der Waals surface area contributed by atoms with Crippen molar-refractivity contribution in [3.8, 4) is 0 Å². The number of aliphatic carboxylic acids is 1. The molecule has 0 saturated heterocycles. The third-order valence-corrected chi connectivity index (χ3v) is 8.32. The molecule has 30 heavy (non-hydrogen) atoms. The number of benzene rings is 1. The maximum atomic E-state index is 13.0. The van der Waals surface area contributed by atoms with Gasteiger partial charge in [-0.3, -0.25) is 4.79 Å². The second-order valence-electron chi connectivity index (χ2n) is 8.13. The third-order valence-electron chi connectivity index (χ3n) is 6.07. The van der Waals surface area contributed by atoms with Gasteiger partial charge in [-0.1, -0.05) is 47.5 Å². The van der Waals surface area contributed by atoms with Crippen LogP contribution >= 0.6 is 23.2 Å². The molecule has 4 unspecified atom stereocenters. The van der Waals surface area contributed by atoms with Crippen molar-refractivity contribution in [2.45, 2.75) is 43.9 Å². The lowest BCUT2D eigenvalue weighted by Crippen LogP contribution is -2.43. The van der Waals surface area contributed by atoms with E-state index in [1.54, 1.807) is 13.0 Å². The number of carboxylic acids is 1. The van der Waals surface area contributed by atoms with Gasteiger partial charge in [-0.2, -0.15) is 0 Å². The van der Waals surface area contributed by atoms with Gasteiger partial charge in [-0.15, -0.1) is 0 Å². The number of hydrogen-bond donors (Lipinski definition) is 2. The number of aryl methyl sites for hydroxylation is 1. The minimum Gasteiger partial charge on any atom is -0.481 e. The highest BCUT2D eigenvalue weighted by Crippen LogP contribution is 2.45. The van der Waals surface area contributed by atoms with Crippen molar-refractivity contribution in [3.63, 3.8) is 0 Å². The van der Waals surface area contributed by atoms with Crippen LogP contribution in [0, 0.1) is 30.6 Å². The van der Waals surface area contributed by atoms with Gasteiger partial charge in [0, 0.05) is 18.0 Å². The van der Waals surface area contributed by atoms with Gasteiger partial charge in [0.15, 0.2) is 0 Å². The molecule has 0 heterocycles. The zero-order valence-electron chi connectivity index (χ0n) is 16.9. The zero-order chi connectivity index (χ0) is 21.9. The fourth-order valence-electron chi connectivity index (χ4n) is 4.65. The Labute approximate surface area is 188 Å². The Kier molecular flexibility index (Phi) is 7.66. The molecule has 4 atom stereocenters. The summed E-state index contributed by atoms with van der Waals surface area (Å²) >= 11 is 12.2. The number of rotatable bonds is 9. The van der Waals surface area contributed by atoms with E-state index in [0.29, 0.717) is 41.8 Å². The summed E-state index contributed by atoms with van der Waals surface area (Å²) in [6, 6.07) is 3.04. The van der Waals surface area contributed by atoms with E-state index in [-0.39, 0.29) is 28.2 Å². The second-order valence-corrected chi connectivity index (χ2v) is 10.7. The minimum absolute atomic E-state index is 0.0749. The zero-order valence-corrected chi connectivity index (χ0v) is 19.2. The fraction of sp³-hybridized carbons (Fsp3) is 0.500. The van der Waals surface area contributed by atoms with Crippen molar-refractivity contribution in [3.05, 3.63) is 52.0 Å². The predicted molar refractivity (Wildman–Crippen MR) is 119 cm³/mol. The Hall–Kier alpha value is -1.34. The molecular formula is C22H27Cl2NO4S. The largest absolute Gasteiger partial charge is 0.481 e. The molecule has 1 saturated carbocycles. The molecule has 3 aliphatic rings. The first kappa shape index (κ1) is 23.3. The van der Waals surface area contributed by atoms with Crippen LogP contribution in [0.15, 0.2) is 41.3 Å². The number of nitrogens with one attached hydrogen (secondary N) is 1. The van der Waals surface area contributed by atoms with Gasteiger partial charge in [-0.25, -0.2) is 13.1 Å². The van der Waals surface area contributed by atoms with Crippen LogP contribution in [0.4, 0.5) is 0 Å². The molecule has 0 amide bonds. The highest BCUT2D eigenvalue weighted by Gasteiger charge is 2.39. The lowest BCUT2D eigenvalue weighted by atomic mass is 9.62. The van der Waals surface area contributed by atoms with Crippen molar-refractivity contribution in [2.24, 2.45) is 23.7 Å². The van der Waals surface area contributed by atoms with Crippen molar-refractivity contribution < 1.29 is 18.3 Å². The van der Waals surface area contributed by atoms with Gasteiger partial charge in [0.05, 0.1) is 5.02 Å². The van der Waals surface area contributed by atoms with Crippen molar-refractivity contribution in [2.75, 3.05) is 6.54 Å². The number of fused-ring (bicyclic) bond motifs is 2. The fourth-order valence-corrected chi connectivity index (χ4v) is 6.90. The van der Waals surface area contributed by atoms with E-state index in [4.69, 9.17) is 28.3 Å². The summed E-state index contributed by atoms with van der Waals surface area (Å²) in [4.78, 5) is 10.7. The standard InChI is InChI=1S/C22H27Cl2NO4S/c1-14-11-17(23)12-20(24)22(14)30(28,29)25-13-19-16-9-7-15(8-10-16)18(19)5-3-2-4-6-21(26)27/h3,5,7,9,11-12,15-16,18-19,25H,2,4,6,8,10,13H2,1H3,(H,26,27)/b5-3-. The number of sulfonamides is 1. The van der Waals surface area contributed by atoms with Gasteiger partial charge < -0.3 is 5.11 Å². The third kappa shape index (κ3) is 5.47. The van der Waals surface area contributed by atoms with Crippen LogP contribution in [0.3, 0.4) is 0 Å². The van der Waals surface area contributed by atoms with Gasteiger partial charge in [0.2, 0.25) is 10.0 Å². The molecular weight excluding hydrogens is 445 g/mol. The number of allylic oxidation sites excluding steroid dienone is 4. The van der Waals surface area contributed by atoms with Crippen LogP contribution in [0.2, 0.25) is 10.0 Å². The molecule has 2 bridgehead atoms. The van der Waals surface area contributed by atoms with E-state index < -0.39 is 16.0 Å². The average molecular weight is 472 g/mol. The lowest BCUT2D eigenvalue weighted by molar-refractivity contribution is -0.137. The number of unbranched alkanes of at least 4 members (excludes halogenated alkanes) is 1. The lowest BCUT2D eigenvalue weighted by Gasteiger charge is -2.44. The van der Waals surface area contributed by atoms with Crippen LogP contribution < -0.4 is 4.72 Å². The number of hydrogen-bond acceptors (Lipinski definition) is 3. The molecule has 0 radical (unpaired) electrons. The van der Waals surface area contributed by atoms with Crippen LogP contribution in [0.1, 0.15) is 37.7 Å². The first-order valence-corrected chi connectivity index (χ1v) is 12.4. The van der Waals surface area contributed by atoms with E-state index in [0.717, 1.165) is 12.8 Å². The summed E-state index contributed by atoms with van der Waals surface area (Å²) < 4.78 is 28.7. The topological polar surface area (TPSA) is 83.5 Å². The van der Waals surface area contributed by atoms with E-state index >= 15 is 0 Å². The molecule has 0 aliphatic heterocycles. The van der Waals surface area contributed by atoms with E-state index in [2.05, 4.69) is 23.0 Å². The van der Waals surface area contributed by atoms with E-state index in [1.807, 2.05) is 6.08 Å². The molecule has 5 nitrogen and oxygen atoms in total. The molecule has 0 aromatic heterocycles. The summed E-state index contributed by atoms with van der Waals surface area (Å²) in [5, 5.41) is 9.29. The van der Waals surface area contributed by atoms with E-state index in [9.17, 15) is 13.2 Å². The maximum Gasteiger partial charge on any atom is 0.303 e. The highest BCUT2D eigenvalue weighted by atomic mass is 35.5. The molecule has 8 heteroatoms. The monoisotopic (exact) mass is 471 g/mol. The molecule has 3 aliphatic carbocycles. The molecule has 1 fully saturated rings. The Morgan fingerprint density at radius 1 is 1.23 bits per heavy atom. The summed E-state index contributed by atoms with van der Waals surface area (Å²) in [6.45, 7) is 2.01. The summed E-state index contributed by atoms with van der Waals surface area (Å²) in [7, 11) is -3.77. The second kappa shape index (κ2) is 9.86. The normalized spacial score (nSPS) is 25.8. The first-order valence-electron chi connectivity index (χ1n) is 10.2. The molecule has 0 spiro atoms. The number of carboxylic acid groups (broad SMARTS) is 1. The van der Waals surface area contributed by atoms with Crippen molar-refractivity contribution in [1.82, 2.24) is 4.72 Å². The molecule has 2 N–H and O–H groups in total. The Morgan fingerprint density at radius 2 is 1.93 bits per heavy atom. The predicted octanol–water partition coefficient (Wildman–Crippen LogP) is 5.22.